The first-order valence-corrected chi connectivity index (χ1v) is 7.48. The molecule has 2 rings (SSSR count). The average Bonchev–Trinajstić information content (AvgIpc) is 2.89. The monoisotopic (exact) mass is 286 g/mol. The molecular weight excluding hydrogens is 260 g/mol. The van der Waals surface area contributed by atoms with Crippen molar-refractivity contribution in [1.82, 2.24) is 9.78 Å². The second-order valence-electron chi connectivity index (χ2n) is 6.30. The summed E-state index contributed by atoms with van der Waals surface area (Å²) in [5.74, 6) is 1.07. The summed E-state index contributed by atoms with van der Waals surface area (Å²) >= 11 is 0. The number of nitrogens with one attached hydrogen (secondary N) is 2. The SMILES string of the molecule is CNc1cccc(CCc2cc(NC)n(C(C)(C)C)n2)c1. The van der Waals surface area contributed by atoms with Crippen LogP contribution in [0.2, 0.25) is 0 Å². The van der Waals surface area contributed by atoms with Crippen molar-refractivity contribution in [3.05, 3.63) is 41.6 Å². The van der Waals surface area contributed by atoms with Gasteiger partial charge in [-0.15, -0.1) is 0 Å². The lowest BCUT2D eigenvalue weighted by Crippen LogP contribution is -2.24. The predicted octanol–water partition coefficient (Wildman–Crippen LogP) is 3.51. The van der Waals surface area contributed by atoms with Gasteiger partial charge < -0.3 is 10.6 Å². The topological polar surface area (TPSA) is 41.9 Å². The molecule has 1 heterocycles. The Kier molecular flexibility index (Phi) is 4.56. The van der Waals surface area contributed by atoms with Gasteiger partial charge in [0.15, 0.2) is 0 Å². The van der Waals surface area contributed by atoms with Crippen LogP contribution >= 0.6 is 0 Å². The van der Waals surface area contributed by atoms with Gasteiger partial charge in [-0.3, -0.25) is 0 Å². The first-order valence-electron chi connectivity index (χ1n) is 7.48. The van der Waals surface area contributed by atoms with Gasteiger partial charge in [0, 0.05) is 25.8 Å². The lowest BCUT2D eigenvalue weighted by Gasteiger charge is -2.21. The molecule has 0 saturated heterocycles. The molecule has 0 amide bonds. The number of hydrogen-bond acceptors (Lipinski definition) is 3. The maximum Gasteiger partial charge on any atom is 0.124 e. The summed E-state index contributed by atoms with van der Waals surface area (Å²) in [6.07, 6.45) is 1.95. The number of benzene rings is 1. The summed E-state index contributed by atoms with van der Waals surface area (Å²) in [6, 6.07) is 10.7. The Bertz CT molecular complexity index is 593. The van der Waals surface area contributed by atoms with Crippen LogP contribution in [0.1, 0.15) is 32.0 Å². The highest BCUT2D eigenvalue weighted by atomic mass is 15.4. The van der Waals surface area contributed by atoms with E-state index in [4.69, 9.17) is 5.10 Å². The fraction of sp³-hybridized carbons (Fsp3) is 0.471. The third kappa shape index (κ3) is 3.78. The largest absolute Gasteiger partial charge is 0.388 e. The molecule has 0 unspecified atom stereocenters. The van der Waals surface area contributed by atoms with Crippen molar-refractivity contribution >= 4 is 11.5 Å². The summed E-state index contributed by atoms with van der Waals surface area (Å²) in [7, 11) is 3.89. The molecule has 1 aromatic carbocycles. The average molecular weight is 286 g/mol. The van der Waals surface area contributed by atoms with Gasteiger partial charge in [-0.2, -0.15) is 5.10 Å². The third-order valence-electron chi connectivity index (χ3n) is 3.54. The lowest BCUT2D eigenvalue weighted by molar-refractivity contribution is 0.358. The van der Waals surface area contributed by atoms with Crippen LogP contribution in [-0.4, -0.2) is 23.9 Å². The van der Waals surface area contributed by atoms with E-state index in [9.17, 15) is 0 Å². The van der Waals surface area contributed by atoms with Gasteiger partial charge in [-0.1, -0.05) is 12.1 Å². The molecule has 0 bridgehead atoms. The van der Waals surface area contributed by atoms with Crippen LogP contribution in [0.5, 0.6) is 0 Å². The summed E-state index contributed by atoms with van der Waals surface area (Å²) in [6.45, 7) is 6.50. The fourth-order valence-corrected chi connectivity index (χ4v) is 2.40. The van der Waals surface area contributed by atoms with Crippen molar-refractivity contribution in [1.29, 1.82) is 0 Å². The first-order chi connectivity index (χ1) is 9.94. The number of aromatic nitrogens is 2. The molecule has 0 spiro atoms. The second-order valence-corrected chi connectivity index (χ2v) is 6.30. The van der Waals surface area contributed by atoms with Crippen LogP contribution < -0.4 is 10.6 Å². The van der Waals surface area contributed by atoms with Crippen LogP contribution in [0.15, 0.2) is 30.3 Å². The Hall–Kier alpha value is -1.97. The number of nitrogens with zero attached hydrogens (tertiary/aromatic N) is 2. The van der Waals surface area contributed by atoms with Gasteiger partial charge in [-0.25, -0.2) is 4.68 Å². The van der Waals surface area contributed by atoms with Crippen molar-refractivity contribution in [2.45, 2.75) is 39.2 Å². The minimum atomic E-state index is -0.0113. The van der Waals surface area contributed by atoms with Crippen LogP contribution in [0.25, 0.3) is 0 Å². The van der Waals surface area contributed by atoms with E-state index in [1.807, 2.05) is 14.1 Å². The maximum absolute atomic E-state index is 4.75. The Balaban J connectivity index is 2.11. The third-order valence-corrected chi connectivity index (χ3v) is 3.54. The van der Waals surface area contributed by atoms with Gasteiger partial charge >= 0.3 is 0 Å². The Morgan fingerprint density at radius 2 is 1.81 bits per heavy atom. The fourth-order valence-electron chi connectivity index (χ4n) is 2.40. The Morgan fingerprint density at radius 3 is 2.38 bits per heavy atom. The summed E-state index contributed by atoms with van der Waals surface area (Å²) in [5.41, 5.74) is 3.61. The number of aryl methyl sites for hydroxylation is 2. The van der Waals surface area contributed by atoms with E-state index < -0.39 is 0 Å². The molecule has 4 heteroatoms. The first kappa shape index (κ1) is 15.4. The van der Waals surface area contributed by atoms with Crippen LogP contribution in [-0.2, 0) is 18.4 Å². The van der Waals surface area contributed by atoms with Gasteiger partial charge in [0.1, 0.15) is 5.82 Å². The van der Waals surface area contributed by atoms with Crippen molar-refractivity contribution < 1.29 is 0 Å². The molecule has 0 aliphatic heterocycles. The molecule has 0 atom stereocenters. The van der Waals surface area contributed by atoms with Crippen molar-refractivity contribution in [3.8, 4) is 0 Å². The number of anilines is 2. The lowest BCUT2D eigenvalue weighted by atomic mass is 10.1. The van der Waals surface area contributed by atoms with Crippen LogP contribution in [0.4, 0.5) is 11.5 Å². The minimum absolute atomic E-state index is 0.0113. The molecule has 0 saturated carbocycles. The molecule has 0 radical (unpaired) electrons. The maximum atomic E-state index is 4.75. The number of hydrogen-bond donors (Lipinski definition) is 2. The smallest absolute Gasteiger partial charge is 0.124 e. The highest BCUT2D eigenvalue weighted by molar-refractivity contribution is 5.45. The highest BCUT2D eigenvalue weighted by Crippen LogP contribution is 2.22. The molecule has 21 heavy (non-hydrogen) atoms. The predicted molar refractivity (Wildman–Crippen MR) is 90.2 cm³/mol. The normalized spacial score (nSPS) is 11.5. The molecule has 0 fully saturated rings. The van der Waals surface area contributed by atoms with Gasteiger partial charge in [0.25, 0.3) is 0 Å². The molecule has 0 aliphatic rings. The van der Waals surface area contributed by atoms with E-state index in [1.165, 1.54) is 5.56 Å². The zero-order chi connectivity index (χ0) is 15.5. The quantitative estimate of drug-likeness (QED) is 0.884. The van der Waals surface area contributed by atoms with Crippen LogP contribution in [0.3, 0.4) is 0 Å². The highest BCUT2D eigenvalue weighted by Gasteiger charge is 2.18. The van der Waals surface area contributed by atoms with E-state index >= 15 is 0 Å². The standard InChI is InChI=1S/C17H26N4/c1-17(2,3)21-16(19-5)12-15(20-21)10-9-13-7-6-8-14(11-13)18-4/h6-8,11-12,18-19H,9-10H2,1-5H3. The zero-order valence-electron chi connectivity index (χ0n) is 13.7. The molecule has 2 N–H and O–H groups in total. The summed E-state index contributed by atoms with van der Waals surface area (Å²) in [4.78, 5) is 0. The molecule has 2 aromatic rings. The van der Waals surface area contributed by atoms with E-state index in [-0.39, 0.29) is 5.54 Å². The summed E-state index contributed by atoms with van der Waals surface area (Å²) in [5, 5.41) is 11.2. The van der Waals surface area contributed by atoms with E-state index in [1.54, 1.807) is 0 Å². The second kappa shape index (κ2) is 6.20. The molecule has 0 aliphatic carbocycles. The molecule has 114 valence electrons. The van der Waals surface area contributed by atoms with Gasteiger partial charge in [0.2, 0.25) is 0 Å². The summed E-state index contributed by atoms with van der Waals surface area (Å²) < 4.78 is 2.06. The van der Waals surface area contributed by atoms with Gasteiger partial charge in [-0.05, 0) is 51.3 Å². The van der Waals surface area contributed by atoms with Gasteiger partial charge in [0.05, 0.1) is 11.2 Å². The Morgan fingerprint density at radius 1 is 1.05 bits per heavy atom. The number of rotatable bonds is 5. The van der Waals surface area contributed by atoms with Crippen molar-refractivity contribution in [2.24, 2.45) is 0 Å². The van der Waals surface area contributed by atoms with Crippen molar-refractivity contribution in [2.75, 3.05) is 24.7 Å². The molecule has 1 aromatic heterocycles. The molecular formula is C17H26N4. The Labute approximate surface area is 127 Å². The van der Waals surface area contributed by atoms with E-state index in [2.05, 4.69) is 66.4 Å². The van der Waals surface area contributed by atoms with Crippen LogP contribution in [0, 0.1) is 0 Å². The zero-order valence-corrected chi connectivity index (χ0v) is 13.7. The van der Waals surface area contributed by atoms with E-state index in [0.29, 0.717) is 0 Å². The van der Waals surface area contributed by atoms with Crippen molar-refractivity contribution in [3.63, 3.8) is 0 Å². The minimum Gasteiger partial charge on any atom is -0.388 e. The molecule has 4 nitrogen and oxygen atoms in total. The van der Waals surface area contributed by atoms with E-state index in [0.717, 1.165) is 30.0 Å².